The Hall–Kier alpha value is -2.53. The second-order valence-corrected chi connectivity index (χ2v) is 5.23. The lowest BCUT2D eigenvalue weighted by molar-refractivity contribution is 0.0526. The Labute approximate surface area is 139 Å². The monoisotopic (exact) mass is 330 g/mol. The summed E-state index contributed by atoms with van der Waals surface area (Å²) in [6.07, 6.45) is 3.53. The van der Waals surface area contributed by atoms with Crippen LogP contribution in [0.3, 0.4) is 0 Å². The van der Waals surface area contributed by atoms with Gasteiger partial charge in [-0.3, -0.25) is 0 Å². The summed E-state index contributed by atoms with van der Waals surface area (Å²) >= 11 is 6.19. The summed E-state index contributed by atoms with van der Waals surface area (Å²) in [4.78, 5) is 22.0. The van der Waals surface area contributed by atoms with E-state index >= 15 is 0 Å². The molecule has 2 heterocycles. The molecule has 0 N–H and O–H groups in total. The summed E-state index contributed by atoms with van der Waals surface area (Å²) in [7, 11) is 0. The molecule has 0 spiro atoms. The van der Waals surface area contributed by atoms with Crippen molar-refractivity contribution in [1.82, 2.24) is 4.98 Å². The van der Waals surface area contributed by atoms with Gasteiger partial charge in [-0.1, -0.05) is 17.7 Å². The van der Waals surface area contributed by atoms with Gasteiger partial charge in [-0.2, -0.15) is 5.06 Å². The van der Waals surface area contributed by atoms with Gasteiger partial charge in [0.15, 0.2) is 11.6 Å². The van der Waals surface area contributed by atoms with Crippen LogP contribution in [0.1, 0.15) is 22.8 Å². The van der Waals surface area contributed by atoms with Crippen LogP contribution in [0, 0.1) is 0 Å². The van der Waals surface area contributed by atoms with E-state index in [1.54, 1.807) is 42.4 Å². The van der Waals surface area contributed by atoms with Crippen LogP contribution in [0.15, 0.2) is 48.7 Å². The molecule has 5 nitrogen and oxygen atoms in total. The van der Waals surface area contributed by atoms with E-state index in [0.717, 1.165) is 5.56 Å². The summed E-state index contributed by atoms with van der Waals surface area (Å²) in [5.41, 5.74) is 1.25. The van der Waals surface area contributed by atoms with E-state index in [0.29, 0.717) is 35.3 Å². The normalized spacial score (nSPS) is 13.1. The summed E-state index contributed by atoms with van der Waals surface area (Å²) in [5, 5.41) is 2.28. The Morgan fingerprint density at radius 3 is 3.04 bits per heavy atom. The van der Waals surface area contributed by atoms with Crippen LogP contribution < -0.4 is 9.90 Å². The van der Waals surface area contributed by atoms with Gasteiger partial charge in [0.1, 0.15) is 0 Å². The third-order valence-electron chi connectivity index (χ3n) is 3.28. The third kappa shape index (κ3) is 3.29. The highest BCUT2D eigenvalue weighted by Crippen LogP contribution is 2.32. The zero-order valence-corrected chi connectivity index (χ0v) is 13.3. The minimum Gasteiger partial charge on any atom is -0.462 e. The predicted octanol–water partition coefficient (Wildman–Crippen LogP) is 3.65. The van der Waals surface area contributed by atoms with Crippen LogP contribution in [-0.2, 0) is 4.74 Å². The minimum absolute atomic E-state index is 0.330. The van der Waals surface area contributed by atoms with Crippen LogP contribution in [0.4, 0.5) is 5.82 Å². The Bertz CT molecular complexity index is 761. The number of benzene rings is 1. The fourth-order valence-corrected chi connectivity index (χ4v) is 2.46. The lowest BCUT2D eigenvalue weighted by Gasteiger charge is -2.27. The van der Waals surface area contributed by atoms with E-state index in [1.165, 1.54) is 0 Å². The first kappa shape index (κ1) is 15.4. The third-order valence-corrected chi connectivity index (χ3v) is 3.64. The Balaban J connectivity index is 1.83. The molecule has 0 amide bonds. The number of hydrogen-bond acceptors (Lipinski definition) is 5. The van der Waals surface area contributed by atoms with Gasteiger partial charge in [0.2, 0.25) is 0 Å². The van der Waals surface area contributed by atoms with Gasteiger partial charge >= 0.3 is 5.97 Å². The molecule has 23 heavy (non-hydrogen) atoms. The first-order chi connectivity index (χ1) is 11.2. The van der Waals surface area contributed by atoms with Gasteiger partial charge in [0, 0.05) is 16.8 Å². The second kappa shape index (κ2) is 6.71. The molecular formula is C17H15ClN2O3. The SMILES string of the molecule is CCOC(=O)c1cccc(ON2CC=C(Cl)c3cccnc32)c1. The summed E-state index contributed by atoms with van der Waals surface area (Å²) in [5.74, 6) is 0.790. The number of anilines is 1. The van der Waals surface area contributed by atoms with E-state index in [-0.39, 0.29) is 5.97 Å². The standard InChI is InChI=1S/C17H15ClN2O3/c1-2-22-17(21)12-5-3-6-13(11-12)23-20-10-8-15(18)14-7-4-9-19-16(14)20/h3-9,11H,2,10H2,1H3. The van der Waals surface area contributed by atoms with Crippen LogP contribution in [0.2, 0.25) is 0 Å². The van der Waals surface area contributed by atoms with E-state index in [1.807, 2.05) is 18.2 Å². The lowest BCUT2D eigenvalue weighted by Crippen LogP contribution is -2.31. The molecular weight excluding hydrogens is 316 g/mol. The number of rotatable bonds is 4. The highest BCUT2D eigenvalue weighted by Gasteiger charge is 2.20. The highest BCUT2D eigenvalue weighted by molar-refractivity contribution is 6.49. The predicted molar refractivity (Wildman–Crippen MR) is 88.4 cm³/mol. The number of carbonyl (C=O) groups is 1. The molecule has 1 aliphatic rings. The summed E-state index contributed by atoms with van der Waals surface area (Å²) < 4.78 is 5.00. The van der Waals surface area contributed by atoms with Gasteiger partial charge in [-0.15, -0.1) is 0 Å². The number of esters is 1. The Kier molecular flexibility index (Phi) is 4.48. The molecule has 0 bridgehead atoms. The molecule has 3 rings (SSSR count). The topological polar surface area (TPSA) is 51.7 Å². The number of pyridine rings is 1. The summed E-state index contributed by atoms with van der Waals surface area (Å²) in [6, 6.07) is 10.5. The van der Waals surface area contributed by atoms with Crippen molar-refractivity contribution < 1.29 is 14.4 Å². The highest BCUT2D eigenvalue weighted by atomic mass is 35.5. The maximum Gasteiger partial charge on any atom is 0.338 e. The fourth-order valence-electron chi connectivity index (χ4n) is 2.24. The average Bonchev–Trinajstić information content (AvgIpc) is 2.58. The smallest absolute Gasteiger partial charge is 0.338 e. The van der Waals surface area contributed by atoms with Crippen molar-refractivity contribution in [3.63, 3.8) is 0 Å². The van der Waals surface area contributed by atoms with Crippen molar-refractivity contribution in [3.8, 4) is 5.75 Å². The Morgan fingerprint density at radius 2 is 2.22 bits per heavy atom. The molecule has 118 valence electrons. The molecule has 2 aromatic rings. The van der Waals surface area contributed by atoms with Gasteiger partial charge in [-0.05, 0) is 43.3 Å². The molecule has 0 radical (unpaired) electrons. The first-order valence-electron chi connectivity index (χ1n) is 7.22. The van der Waals surface area contributed by atoms with Crippen molar-refractivity contribution >= 4 is 28.4 Å². The molecule has 0 saturated heterocycles. The van der Waals surface area contributed by atoms with Gasteiger partial charge < -0.3 is 9.57 Å². The molecule has 0 unspecified atom stereocenters. The molecule has 0 fully saturated rings. The van der Waals surface area contributed by atoms with E-state index < -0.39 is 0 Å². The molecule has 0 atom stereocenters. The number of carbonyl (C=O) groups excluding carboxylic acids is 1. The molecule has 0 saturated carbocycles. The van der Waals surface area contributed by atoms with Crippen LogP contribution >= 0.6 is 11.6 Å². The van der Waals surface area contributed by atoms with Crippen LogP contribution in [-0.4, -0.2) is 24.1 Å². The maximum atomic E-state index is 11.8. The molecule has 0 aliphatic carbocycles. The zero-order chi connectivity index (χ0) is 16.2. The van der Waals surface area contributed by atoms with Crippen molar-refractivity contribution in [3.05, 3.63) is 59.8 Å². The van der Waals surface area contributed by atoms with E-state index in [2.05, 4.69) is 4.98 Å². The molecule has 6 heteroatoms. The second-order valence-electron chi connectivity index (χ2n) is 4.83. The number of aromatic nitrogens is 1. The number of nitrogens with zero attached hydrogens (tertiary/aromatic N) is 2. The molecule has 1 aromatic heterocycles. The van der Waals surface area contributed by atoms with E-state index in [4.69, 9.17) is 21.2 Å². The van der Waals surface area contributed by atoms with Gasteiger partial charge in [0.25, 0.3) is 0 Å². The Morgan fingerprint density at radius 1 is 1.35 bits per heavy atom. The van der Waals surface area contributed by atoms with Crippen LogP contribution in [0.25, 0.3) is 5.03 Å². The largest absolute Gasteiger partial charge is 0.462 e. The van der Waals surface area contributed by atoms with Crippen LogP contribution in [0.5, 0.6) is 5.75 Å². The number of hydroxylamine groups is 1. The van der Waals surface area contributed by atoms with Crippen molar-refractivity contribution in [2.45, 2.75) is 6.92 Å². The maximum absolute atomic E-state index is 11.8. The van der Waals surface area contributed by atoms with Crippen molar-refractivity contribution in [1.29, 1.82) is 0 Å². The van der Waals surface area contributed by atoms with Gasteiger partial charge in [0.05, 0.1) is 18.7 Å². The quantitative estimate of drug-likeness (QED) is 0.801. The summed E-state index contributed by atoms with van der Waals surface area (Å²) in [6.45, 7) is 2.56. The number of ether oxygens (including phenoxy) is 1. The number of hydrogen-bond donors (Lipinski definition) is 0. The fraction of sp³-hybridized carbons (Fsp3) is 0.176. The number of halogens is 1. The van der Waals surface area contributed by atoms with Gasteiger partial charge in [-0.25, -0.2) is 9.78 Å². The zero-order valence-electron chi connectivity index (χ0n) is 12.5. The lowest BCUT2D eigenvalue weighted by atomic mass is 10.2. The van der Waals surface area contributed by atoms with E-state index in [9.17, 15) is 4.79 Å². The average molecular weight is 331 g/mol. The first-order valence-corrected chi connectivity index (χ1v) is 7.60. The van der Waals surface area contributed by atoms with Crippen molar-refractivity contribution in [2.24, 2.45) is 0 Å². The molecule has 1 aromatic carbocycles. The molecule has 1 aliphatic heterocycles. The minimum atomic E-state index is -0.377. The number of fused-ring (bicyclic) bond motifs is 1. The van der Waals surface area contributed by atoms with Crippen molar-refractivity contribution in [2.75, 3.05) is 18.2 Å².